The van der Waals surface area contributed by atoms with Gasteiger partial charge in [-0.05, 0) is 13.3 Å². The van der Waals surface area contributed by atoms with Gasteiger partial charge in [0.2, 0.25) is 0 Å². The Kier molecular flexibility index (Phi) is 3.94. The van der Waals surface area contributed by atoms with Crippen molar-refractivity contribution in [2.24, 2.45) is 0 Å². The zero-order valence-corrected chi connectivity index (χ0v) is 11.1. The lowest BCUT2D eigenvalue weighted by Crippen LogP contribution is -2.44. The van der Waals surface area contributed by atoms with Crippen LogP contribution in [0.3, 0.4) is 0 Å². The normalized spacial score (nSPS) is 16.3. The largest absolute Gasteiger partial charge is 0.354 e. The van der Waals surface area contributed by atoms with Gasteiger partial charge in [0.05, 0.1) is 0 Å². The lowest BCUT2D eigenvalue weighted by Gasteiger charge is -2.30. The molecule has 0 atom stereocenters. The van der Waals surface area contributed by atoms with E-state index in [4.69, 9.17) is 4.98 Å². The minimum Gasteiger partial charge on any atom is -0.354 e. The van der Waals surface area contributed by atoms with Crippen LogP contribution >= 0.6 is 0 Å². The van der Waals surface area contributed by atoms with Crippen molar-refractivity contribution in [3.05, 3.63) is 17.1 Å². The summed E-state index contributed by atoms with van der Waals surface area (Å²) >= 11 is 0. The molecule has 0 spiro atoms. The summed E-state index contributed by atoms with van der Waals surface area (Å²) in [5.74, 6) is 2.13. The summed E-state index contributed by atoms with van der Waals surface area (Å²) < 4.78 is 0. The highest BCUT2D eigenvalue weighted by atomic mass is 15.2. The number of anilines is 1. The van der Waals surface area contributed by atoms with Gasteiger partial charge in [0.15, 0.2) is 0 Å². The van der Waals surface area contributed by atoms with Crippen molar-refractivity contribution in [2.75, 3.05) is 31.1 Å². The quantitative estimate of drug-likeness (QED) is 0.856. The van der Waals surface area contributed by atoms with E-state index < -0.39 is 0 Å². The predicted molar refractivity (Wildman–Crippen MR) is 70.6 cm³/mol. The average molecular weight is 234 g/mol. The molecule has 1 aliphatic heterocycles. The Bertz CT molecular complexity index is 383. The highest BCUT2D eigenvalue weighted by Gasteiger charge is 2.17. The van der Waals surface area contributed by atoms with Crippen molar-refractivity contribution < 1.29 is 0 Å². The molecule has 0 aromatic carbocycles. The molecule has 2 heterocycles. The second-order valence-corrected chi connectivity index (χ2v) is 4.47. The molecule has 4 nitrogen and oxygen atoms in total. The summed E-state index contributed by atoms with van der Waals surface area (Å²) in [6.45, 7) is 10.6. The first-order valence-corrected chi connectivity index (χ1v) is 6.58. The number of hydrogen-bond acceptors (Lipinski definition) is 4. The molecule has 17 heavy (non-hydrogen) atoms. The number of piperazine rings is 1. The maximum absolute atomic E-state index is 4.73. The SMILES string of the molecule is CCc1nc(C)c(CC)c(N2CCNCC2)n1. The van der Waals surface area contributed by atoms with Gasteiger partial charge < -0.3 is 10.2 Å². The van der Waals surface area contributed by atoms with Crippen LogP contribution in [0, 0.1) is 6.92 Å². The Balaban J connectivity index is 2.38. The molecule has 0 saturated carbocycles. The average Bonchev–Trinajstić information content (AvgIpc) is 2.38. The molecule has 0 unspecified atom stereocenters. The van der Waals surface area contributed by atoms with Crippen molar-refractivity contribution in [2.45, 2.75) is 33.6 Å². The Hall–Kier alpha value is -1.16. The first kappa shape index (κ1) is 12.3. The number of hydrogen-bond donors (Lipinski definition) is 1. The summed E-state index contributed by atoms with van der Waals surface area (Å²) in [4.78, 5) is 11.7. The third-order valence-electron chi connectivity index (χ3n) is 3.32. The van der Waals surface area contributed by atoms with E-state index in [1.54, 1.807) is 0 Å². The smallest absolute Gasteiger partial charge is 0.135 e. The Labute approximate surface area is 103 Å². The molecule has 1 saturated heterocycles. The fourth-order valence-corrected chi connectivity index (χ4v) is 2.35. The Morgan fingerprint density at radius 1 is 1.12 bits per heavy atom. The van der Waals surface area contributed by atoms with Crippen LogP contribution in [0.4, 0.5) is 5.82 Å². The molecule has 1 aliphatic rings. The molecule has 1 aromatic heterocycles. The highest BCUT2D eigenvalue weighted by molar-refractivity contribution is 5.49. The van der Waals surface area contributed by atoms with Crippen LogP contribution in [-0.2, 0) is 12.8 Å². The van der Waals surface area contributed by atoms with Gasteiger partial charge in [-0.3, -0.25) is 0 Å². The monoisotopic (exact) mass is 234 g/mol. The molecule has 1 fully saturated rings. The van der Waals surface area contributed by atoms with Crippen molar-refractivity contribution in [1.82, 2.24) is 15.3 Å². The minimum atomic E-state index is 0.907. The number of aromatic nitrogens is 2. The highest BCUT2D eigenvalue weighted by Crippen LogP contribution is 2.21. The zero-order chi connectivity index (χ0) is 12.3. The van der Waals surface area contributed by atoms with Crippen LogP contribution in [0.25, 0.3) is 0 Å². The second-order valence-electron chi connectivity index (χ2n) is 4.47. The molecule has 1 N–H and O–H groups in total. The van der Waals surface area contributed by atoms with Crippen molar-refractivity contribution in [3.63, 3.8) is 0 Å². The number of nitrogens with one attached hydrogen (secondary N) is 1. The number of rotatable bonds is 3. The molecule has 94 valence electrons. The lowest BCUT2D eigenvalue weighted by atomic mass is 10.1. The van der Waals surface area contributed by atoms with Crippen molar-refractivity contribution in [1.29, 1.82) is 0 Å². The molecule has 0 bridgehead atoms. The molecular formula is C13H22N4. The van der Waals surface area contributed by atoms with E-state index in [0.717, 1.165) is 50.5 Å². The molecule has 1 aromatic rings. The number of aryl methyl sites for hydroxylation is 2. The number of nitrogens with zero attached hydrogens (tertiary/aromatic N) is 3. The topological polar surface area (TPSA) is 41.1 Å². The van der Waals surface area contributed by atoms with Gasteiger partial charge in [0, 0.05) is 43.9 Å². The maximum Gasteiger partial charge on any atom is 0.135 e. The summed E-state index contributed by atoms with van der Waals surface area (Å²) in [7, 11) is 0. The minimum absolute atomic E-state index is 0.907. The summed E-state index contributed by atoms with van der Waals surface area (Å²) in [5, 5.41) is 3.38. The van der Waals surface area contributed by atoms with Crippen LogP contribution in [-0.4, -0.2) is 36.1 Å². The van der Waals surface area contributed by atoms with E-state index >= 15 is 0 Å². The van der Waals surface area contributed by atoms with E-state index in [2.05, 4.69) is 36.0 Å². The van der Waals surface area contributed by atoms with Gasteiger partial charge in [0.25, 0.3) is 0 Å². The van der Waals surface area contributed by atoms with Crippen molar-refractivity contribution in [3.8, 4) is 0 Å². The summed E-state index contributed by atoms with van der Waals surface area (Å²) in [6.07, 6.45) is 1.92. The standard InChI is InChI=1S/C13H22N4/c1-4-11-10(3)15-12(5-2)16-13(11)17-8-6-14-7-9-17/h14H,4-9H2,1-3H3. The Morgan fingerprint density at radius 3 is 2.41 bits per heavy atom. The third-order valence-corrected chi connectivity index (χ3v) is 3.32. The van der Waals surface area contributed by atoms with E-state index in [-0.39, 0.29) is 0 Å². The van der Waals surface area contributed by atoms with Gasteiger partial charge in [-0.2, -0.15) is 0 Å². The molecule has 0 amide bonds. The third kappa shape index (κ3) is 2.57. The van der Waals surface area contributed by atoms with Gasteiger partial charge in [0.1, 0.15) is 11.6 Å². The van der Waals surface area contributed by atoms with Crippen LogP contribution < -0.4 is 10.2 Å². The van der Waals surface area contributed by atoms with Crippen LogP contribution in [0.1, 0.15) is 30.9 Å². The fraction of sp³-hybridized carbons (Fsp3) is 0.692. The van der Waals surface area contributed by atoms with Crippen LogP contribution in [0.2, 0.25) is 0 Å². The van der Waals surface area contributed by atoms with Crippen LogP contribution in [0.15, 0.2) is 0 Å². The second kappa shape index (κ2) is 5.45. The molecule has 4 heteroatoms. The zero-order valence-electron chi connectivity index (χ0n) is 11.1. The Morgan fingerprint density at radius 2 is 1.82 bits per heavy atom. The van der Waals surface area contributed by atoms with Gasteiger partial charge in [-0.15, -0.1) is 0 Å². The van der Waals surface area contributed by atoms with Gasteiger partial charge in [-0.25, -0.2) is 9.97 Å². The molecule has 2 rings (SSSR count). The van der Waals surface area contributed by atoms with Crippen LogP contribution in [0.5, 0.6) is 0 Å². The molecular weight excluding hydrogens is 212 g/mol. The fourth-order valence-electron chi connectivity index (χ4n) is 2.35. The van der Waals surface area contributed by atoms with E-state index in [9.17, 15) is 0 Å². The molecule has 0 aliphatic carbocycles. The van der Waals surface area contributed by atoms with Gasteiger partial charge in [-0.1, -0.05) is 13.8 Å². The van der Waals surface area contributed by atoms with Crippen molar-refractivity contribution >= 4 is 5.82 Å². The van der Waals surface area contributed by atoms with E-state index in [0.29, 0.717) is 0 Å². The molecule has 0 radical (unpaired) electrons. The summed E-state index contributed by atoms with van der Waals surface area (Å²) in [6, 6.07) is 0. The first-order chi connectivity index (χ1) is 8.26. The van der Waals surface area contributed by atoms with E-state index in [1.165, 1.54) is 11.4 Å². The summed E-state index contributed by atoms with van der Waals surface area (Å²) in [5.41, 5.74) is 2.46. The maximum atomic E-state index is 4.73. The van der Waals surface area contributed by atoms with E-state index in [1.807, 2.05) is 0 Å². The lowest BCUT2D eigenvalue weighted by molar-refractivity contribution is 0.581. The predicted octanol–water partition coefficient (Wildman–Crippen LogP) is 1.32. The van der Waals surface area contributed by atoms with Gasteiger partial charge >= 0.3 is 0 Å². The first-order valence-electron chi connectivity index (χ1n) is 6.58.